The Morgan fingerprint density at radius 3 is 1.90 bits per heavy atom. The SMILES string of the molecule is Fc1ccc(NCCOC(C(F)(F)F)C(F)(F)F)cc1. The summed E-state index contributed by atoms with van der Waals surface area (Å²) in [7, 11) is 0. The molecule has 1 aromatic carbocycles. The van der Waals surface area contributed by atoms with E-state index >= 15 is 0 Å². The zero-order valence-electron chi connectivity index (χ0n) is 9.85. The molecule has 114 valence electrons. The molecule has 1 aromatic rings. The smallest absolute Gasteiger partial charge is 0.383 e. The van der Waals surface area contributed by atoms with Crippen molar-refractivity contribution < 1.29 is 35.5 Å². The first-order chi connectivity index (χ1) is 9.10. The highest BCUT2D eigenvalue weighted by Gasteiger charge is 2.57. The Balaban J connectivity index is 2.44. The van der Waals surface area contributed by atoms with Gasteiger partial charge in [-0.2, -0.15) is 26.3 Å². The van der Waals surface area contributed by atoms with Crippen LogP contribution in [0.4, 0.5) is 36.4 Å². The van der Waals surface area contributed by atoms with Gasteiger partial charge in [-0.15, -0.1) is 0 Å². The van der Waals surface area contributed by atoms with Crippen LogP contribution in [-0.4, -0.2) is 31.6 Å². The van der Waals surface area contributed by atoms with E-state index in [2.05, 4.69) is 10.1 Å². The summed E-state index contributed by atoms with van der Waals surface area (Å²) in [6, 6.07) is 4.77. The van der Waals surface area contributed by atoms with Gasteiger partial charge in [0.25, 0.3) is 0 Å². The molecule has 0 aliphatic heterocycles. The van der Waals surface area contributed by atoms with Crippen LogP contribution in [-0.2, 0) is 4.74 Å². The Morgan fingerprint density at radius 1 is 0.950 bits per heavy atom. The maximum absolute atomic E-state index is 12.5. The lowest BCUT2D eigenvalue weighted by Gasteiger charge is -2.23. The molecule has 2 nitrogen and oxygen atoms in total. The predicted molar refractivity (Wildman–Crippen MR) is 56.7 cm³/mol. The fraction of sp³-hybridized carbons (Fsp3) is 0.455. The van der Waals surface area contributed by atoms with Gasteiger partial charge >= 0.3 is 12.4 Å². The molecule has 9 heteroatoms. The van der Waals surface area contributed by atoms with Crippen LogP contribution in [0.25, 0.3) is 0 Å². The van der Waals surface area contributed by atoms with Crippen LogP contribution in [0, 0.1) is 5.82 Å². The molecule has 0 aliphatic carbocycles. The second-order valence-electron chi connectivity index (χ2n) is 3.77. The number of benzene rings is 1. The summed E-state index contributed by atoms with van der Waals surface area (Å²) < 4.78 is 89.0. The lowest BCUT2D eigenvalue weighted by atomic mass is 10.3. The molecule has 0 bridgehead atoms. The minimum Gasteiger partial charge on any atom is -0.383 e. The number of alkyl halides is 6. The highest BCUT2D eigenvalue weighted by molar-refractivity contribution is 5.42. The number of hydrogen-bond donors (Lipinski definition) is 1. The van der Waals surface area contributed by atoms with Gasteiger partial charge in [-0.1, -0.05) is 0 Å². The normalized spacial score (nSPS) is 12.8. The van der Waals surface area contributed by atoms with Gasteiger partial charge in [0.05, 0.1) is 6.61 Å². The molecule has 0 aromatic heterocycles. The average molecular weight is 305 g/mol. The molecule has 0 radical (unpaired) electrons. The Morgan fingerprint density at radius 2 is 1.45 bits per heavy atom. The quantitative estimate of drug-likeness (QED) is 0.661. The van der Waals surface area contributed by atoms with Crippen LogP contribution in [0.3, 0.4) is 0 Å². The zero-order valence-corrected chi connectivity index (χ0v) is 9.85. The van der Waals surface area contributed by atoms with Gasteiger partial charge in [0.15, 0.2) is 0 Å². The summed E-state index contributed by atoms with van der Waals surface area (Å²) in [5.74, 6) is -0.513. The molecular formula is C11H10F7NO. The first-order valence-electron chi connectivity index (χ1n) is 5.35. The van der Waals surface area contributed by atoms with Gasteiger partial charge in [0.2, 0.25) is 6.10 Å². The summed E-state index contributed by atoms with van der Waals surface area (Å²) in [5, 5.41) is 2.50. The third-order valence-electron chi connectivity index (χ3n) is 2.15. The van der Waals surface area contributed by atoms with Crippen LogP contribution >= 0.6 is 0 Å². The minimum atomic E-state index is -5.52. The second kappa shape index (κ2) is 6.29. The van der Waals surface area contributed by atoms with Crippen LogP contribution in [0.5, 0.6) is 0 Å². The molecule has 0 aliphatic rings. The van der Waals surface area contributed by atoms with E-state index in [1.165, 1.54) is 12.1 Å². The molecule has 0 atom stereocenters. The maximum atomic E-state index is 12.5. The van der Waals surface area contributed by atoms with Crippen LogP contribution < -0.4 is 5.32 Å². The van der Waals surface area contributed by atoms with Crippen molar-refractivity contribution in [3.63, 3.8) is 0 Å². The Kier molecular flexibility index (Phi) is 5.21. The monoisotopic (exact) mass is 305 g/mol. The number of nitrogens with one attached hydrogen (secondary N) is 1. The molecule has 1 N–H and O–H groups in total. The van der Waals surface area contributed by atoms with E-state index in [1.54, 1.807) is 0 Å². The molecule has 0 amide bonds. The third-order valence-corrected chi connectivity index (χ3v) is 2.15. The van der Waals surface area contributed by atoms with Crippen molar-refractivity contribution >= 4 is 5.69 Å². The van der Waals surface area contributed by atoms with E-state index in [4.69, 9.17) is 0 Å². The summed E-state index contributed by atoms with van der Waals surface area (Å²) in [5.41, 5.74) is 0.352. The van der Waals surface area contributed by atoms with E-state index in [9.17, 15) is 30.7 Å². The van der Waals surface area contributed by atoms with Gasteiger partial charge < -0.3 is 10.1 Å². The molecule has 20 heavy (non-hydrogen) atoms. The number of ether oxygens (including phenoxy) is 1. The average Bonchev–Trinajstić information content (AvgIpc) is 2.27. The standard InChI is InChI=1S/C11H10F7NO/c12-7-1-3-8(4-2-7)19-5-6-20-9(10(13,14)15)11(16,17)18/h1-4,9,19H,5-6H2. The van der Waals surface area contributed by atoms with Gasteiger partial charge in [-0.25, -0.2) is 4.39 Å². The molecule has 0 fully saturated rings. The first-order valence-corrected chi connectivity index (χ1v) is 5.35. The summed E-state index contributed by atoms with van der Waals surface area (Å²) in [6.45, 7) is -1.09. The zero-order chi connectivity index (χ0) is 15.4. The van der Waals surface area contributed by atoms with E-state index in [0.717, 1.165) is 12.1 Å². The molecule has 0 saturated heterocycles. The van der Waals surface area contributed by atoms with Gasteiger partial charge in [-0.05, 0) is 24.3 Å². The highest BCUT2D eigenvalue weighted by atomic mass is 19.4. The van der Waals surface area contributed by atoms with Crippen molar-refractivity contribution in [1.29, 1.82) is 0 Å². The van der Waals surface area contributed by atoms with Gasteiger partial charge in [0.1, 0.15) is 5.82 Å². The van der Waals surface area contributed by atoms with Crippen molar-refractivity contribution in [2.75, 3.05) is 18.5 Å². The Labute approximate surface area is 109 Å². The lowest BCUT2D eigenvalue weighted by Crippen LogP contribution is -2.45. The van der Waals surface area contributed by atoms with Crippen LogP contribution in [0.2, 0.25) is 0 Å². The molecule has 0 heterocycles. The van der Waals surface area contributed by atoms with E-state index in [1.807, 2.05) is 0 Å². The largest absolute Gasteiger partial charge is 0.423 e. The lowest BCUT2D eigenvalue weighted by molar-refractivity contribution is -0.321. The van der Waals surface area contributed by atoms with E-state index in [-0.39, 0.29) is 6.54 Å². The number of halogens is 7. The Bertz CT molecular complexity index is 398. The van der Waals surface area contributed by atoms with E-state index < -0.39 is 30.9 Å². The molecule has 0 unspecified atom stereocenters. The van der Waals surface area contributed by atoms with E-state index in [0.29, 0.717) is 5.69 Å². The van der Waals surface area contributed by atoms with Crippen molar-refractivity contribution in [2.24, 2.45) is 0 Å². The van der Waals surface area contributed by atoms with Crippen LogP contribution in [0.15, 0.2) is 24.3 Å². The van der Waals surface area contributed by atoms with Crippen molar-refractivity contribution in [2.45, 2.75) is 18.5 Å². The third kappa shape index (κ3) is 5.24. The summed E-state index contributed by atoms with van der Waals surface area (Å²) >= 11 is 0. The first kappa shape index (κ1) is 16.5. The van der Waals surface area contributed by atoms with Gasteiger partial charge in [0, 0.05) is 12.2 Å². The Hall–Kier alpha value is -1.51. The van der Waals surface area contributed by atoms with Crippen molar-refractivity contribution in [1.82, 2.24) is 0 Å². The second-order valence-corrected chi connectivity index (χ2v) is 3.77. The fourth-order valence-corrected chi connectivity index (χ4v) is 1.31. The molecule has 1 rings (SSSR count). The van der Waals surface area contributed by atoms with Crippen LogP contribution in [0.1, 0.15) is 0 Å². The van der Waals surface area contributed by atoms with Gasteiger partial charge in [-0.3, -0.25) is 0 Å². The topological polar surface area (TPSA) is 21.3 Å². The summed E-state index contributed by atoms with van der Waals surface area (Å²) in [4.78, 5) is 0. The molecule has 0 spiro atoms. The highest BCUT2D eigenvalue weighted by Crippen LogP contribution is 2.35. The summed E-state index contributed by atoms with van der Waals surface area (Å²) in [6.07, 6.45) is -14.9. The maximum Gasteiger partial charge on any atom is 0.423 e. The minimum absolute atomic E-state index is 0.283. The predicted octanol–water partition coefficient (Wildman–Crippen LogP) is 3.75. The fourth-order valence-electron chi connectivity index (χ4n) is 1.31. The number of hydrogen-bond acceptors (Lipinski definition) is 2. The number of rotatable bonds is 5. The van der Waals surface area contributed by atoms with Crippen molar-refractivity contribution in [3.05, 3.63) is 30.1 Å². The van der Waals surface area contributed by atoms with Crippen molar-refractivity contribution in [3.8, 4) is 0 Å². The molecule has 0 saturated carbocycles. The number of anilines is 1. The molecular weight excluding hydrogens is 295 g/mol.